The molecule has 4 unspecified atom stereocenters. The van der Waals surface area contributed by atoms with Crippen molar-refractivity contribution in [3.63, 3.8) is 0 Å². The predicted octanol–water partition coefficient (Wildman–Crippen LogP) is 2.61. The fourth-order valence-corrected chi connectivity index (χ4v) is 2.69. The van der Waals surface area contributed by atoms with Gasteiger partial charge in [-0.15, -0.1) is 0 Å². The molecule has 0 radical (unpaired) electrons. The fraction of sp³-hybridized carbons (Fsp3) is 1.00. The lowest BCUT2D eigenvalue weighted by Crippen LogP contribution is -2.46. The van der Waals surface area contributed by atoms with Crippen molar-refractivity contribution in [2.24, 2.45) is 17.3 Å². The summed E-state index contributed by atoms with van der Waals surface area (Å²) >= 11 is 0. The van der Waals surface area contributed by atoms with Gasteiger partial charge in [0.2, 0.25) is 0 Å². The minimum Gasteiger partial charge on any atom is -0.396 e. The highest BCUT2D eigenvalue weighted by molar-refractivity contribution is 4.83. The Kier molecular flexibility index (Phi) is 8.17. The first kappa shape index (κ1) is 18.9. The van der Waals surface area contributed by atoms with Gasteiger partial charge in [-0.2, -0.15) is 0 Å². The minimum atomic E-state index is -0.667. The van der Waals surface area contributed by atoms with Crippen LogP contribution in [0.2, 0.25) is 0 Å². The molecule has 0 amide bonds. The van der Waals surface area contributed by atoms with Crippen LogP contribution in [0, 0.1) is 17.3 Å². The first-order valence-corrected chi connectivity index (χ1v) is 8.45. The number of hydrogen-bond acceptors (Lipinski definition) is 4. The summed E-state index contributed by atoms with van der Waals surface area (Å²) in [5.41, 5.74) is -0.667. The lowest BCUT2D eigenvalue weighted by Gasteiger charge is -2.39. The monoisotopic (exact) mass is 302 g/mol. The van der Waals surface area contributed by atoms with Gasteiger partial charge >= 0.3 is 0 Å². The van der Waals surface area contributed by atoms with Gasteiger partial charge in [0.25, 0.3) is 0 Å². The van der Waals surface area contributed by atoms with Crippen LogP contribution in [0.25, 0.3) is 0 Å². The van der Waals surface area contributed by atoms with Crippen LogP contribution in [0.5, 0.6) is 0 Å². The summed E-state index contributed by atoms with van der Waals surface area (Å²) in [5.74, 6) is 1.07. The maximum atomic E-state index is 9.63. The zero-order valence-electron chi connectivity index (χ0n) is 14.2. The zero-order valence-corrected chi connectivity index (χ0v) is 14.2. The summed E-state index contributed by atoms with van der Waals surface area (Å²) in [6.07, 6.45) is 4.41. The second-order valence-electron chi connectivity index (χ2n) is 6.97. The Balaban J connectivity index is 2.80. The molecule has 0 aromatic heterocycles. The van der Waals surface area contributed by atoms with E-state index in [1.807, 2.05) is 0 Å². The molecule has 1 heterocycles. The van der Waals surface area contributed by atoms with Crippen molar-refractivity contribution in [3.8, 4) is 0 Å². The van der Waals surface area contributed by atoms with Crippen molar-refractivity contribution >= 4 is 0 Å². The van der Waals surface area contributed by atoms with Gasteiger partial charge in [0.05, 0.1) is 44.1 Å². The van der Waals surface area contributed by atoms with Crippen LogP contribution in [-0.2, 0) is 9.47 Å². The van der Waals surface area contributed by atoms with E-state index in [0.717, 1.165) is 25.7 Å². The van der Waals surface area contributed by atoms with Gasteiger partial charge in [-0.3, -0.25) is 0 Å². The first-order valence-electron chi connectivity index (χ1n) is 8.45. The van der Waals surface area contributed by atoms with Crippen LogP contribution >= 0.6 is 0 Å². The molecule has 4 atom stereocenters. The summed E-state index contributed by atoms with van der Waals surface area (Å²) in [7, 11) is 0. The van der Waals surface area contributed by atoms with Crippen LogP contribution in [0.15, 0.2) is 0 Å². The fourth-order valence-electron chi connectivity index (χ4n) is 2.69. The molecule has 0 aromatic rings. The van der Waals surface area contributed by atoms with E-state index < -0.39 is 5.41 Å². The molecule has 1 aliphatic heterocycles. The van der Waals surface area contributed by atoms with Crippen LogP contribution in [-0.4, -0.2) is 48.8 Å². The third-order valence-corrected chi connectivity index (χ3v) is 5.04. The Morgan fingerprint density at radius 3 is 2.19 bits per heavy atom. The Morgan fingerprint density at radius 1 is 1.05 bits per heavy atom. The summed E-state index contributed by atoms with van der Waals surface area (Å²) in [6, 6.07) is 0. The van der Waals surface area contributed by atoms with E-state index >= 15 is 0 Å². The smallest absolute Gasteiger partial charge is 0.0632 e. The van der Waals surface area contributed by atoms with Gasteiger partial charge in [0.1, 0.15) is 0 Å². The molecule has 21 heavy (non-hydrogen) atoms. The molecule has 4 nitrogen and oxygen atoms in total. The Morgan fingerprint density at radius 2 is 1.67 bits per heavy atom. The van der Waals surface area contributed by atoms with E-state index in [2.05, 4.69) is 27.7 Å². The van der Waals surface area contributed by atoms with E-state index in [1.54, 1.807) is 0 Å². The zero-order chi connectivity index (χ0) is 15.9. The van der Waals surface area contributed by atoms with Crippen molar-refractivity contribution in [3.05, 3.63) is 0 Å². The molecule has 0 aromatic carbocycles. The minimum absolute atomic E-state index is 0.104. The molecule has 0 spiro atoms. The van der Waals surface area contributed by atoms with E-state index in [4.69, 9.17) is 9.47 Å². The third-order valence-electron chi connectivity index (χ3n) is 5.04. The van der Waals surface area contributed by atoms with Gasteiger partial charge in [-0.25, -0.2) is 0 Å². The third kappa shape index (κ3) is 5.51. The Bertz CT molecular complexity index is 278. The van der Waals surface area contributed by atoms with Crippen molar-refractivity contribution < 1.29 is 19.7 Å². The molecule has 0 bridgehead atoms. The molecule has 1 fully saturated rings. The molecule has 1 aliphatic rings. The van der Waals surface area contributed by atoms with Crippen molar-refractivity contribution in [1.82, 2.24) is 0 Å². The van der Waals surface area contributed by atoms with E-state index in [9.17, 15) is 10.2 Å². The number of rotatable bonds is 7. The van der Waals surface area contributed by atoms with Crippen LogP contribution in [0.4, 0.5) is 0 Å². The molecule has 0 aliphatic carbocycles. The SMILES string of the molecule is CCC(C)CC1CC(C(C)CC)OCC(CO)(CO)CO1. The Hall–Kier alpha value is -0.160. The summed E-state index contributed by atoms with van der Waals surface area (Å²) in [6.45, 7) is 9.34. The molecular weight excluding hydrogens is 268 g/mol. The van der Waals surface area contributed by atoms with Crippen LogP contribution in [0.1, 0.15) is 53.4 Å². The topological polar surface area (TPSA) is 58.9 Å². The van der Waals surface area contributed by atoms with E-state index in [0.29, 0.717) is 25.0 Å². The summed E-state index contributed by atoms with van der Waals surface area (Å²) < 4.78 is 12.2. The quantitative estimate of drug-likeness (QED) is 0.759. The van der Waals surface area contributed by atoms with E-state index in [1.165, 1.54) is 0 Å². The highest BCUT2D eigenvalue weighted by Crippen LogP contribution is 2.29. The molecule has 2 N–H and O–H groups in total. The molecule has 0 saturated carbocycles. The Labute approximate surface area is 129 Å². The number of aliphatic hydroxyl groups excluding tert-OH is 2. The summed E-state index contributed by atoms with van der Waals surface area (Å²) in [5, 5.41) is 19.3. The largest absolute Gasteiger partial charge is 0.396 e. The molecule has 126 valence electrons. The van der Waals surface area contributed by atoms with Gasteiger partial charge < -0.3 is 19.7 Å². The number of ether oxygens (including phenoxy) is 2. The van der Waals surface area contributed by atoms with Gasteiger partial charge in [0, 0.05) is 6.42 Å². The highest BCUT2D eigenvalue weighted by Gasteiger charge is 2.36. The maximum Gasteiger partial charge on any atom is 0.0632 e. The first-order chi connectivity index (χ1) is 10.00. The van der Waals surface area contributed by atoms with Crippen molar-refractivity contribution in [1.29, 1.82) is 0 Å². The number of aliphatic hydroxyl groups is 2. The molecule has 1 rings (SSSR count). The lowest BCUT2D eigenvalue weighted by molar-refractivity contribution is -0.156. The number of hydrogen-bond donors (Lipinski definition) is 2. The second-order valence-corrected chi connectivity index (χ2v) is 6.97. The maximum absolute atomic E-state index is 9.63. The van der Waals surface area contributed by atoms with Gasteiger partial charge in [0.15, 0.2) is 0 Å². The average molecular weight is 302 g/mol. The summed E-state index contributed by atoms with van der Waals surface area (Å²) in [4.78, 5) is 0. The van der Waals surface area contributed by atoms with Crippen LogP contribution in [0.3, 0.4) is 0 Å². The van der Waals surface area contributed by atoms with Crippen molar-refractivity contribution in [2.45, 2.75) is 65.6 Å². The normalized spacial score (nSPS) is 29.4. The average Bonchev–Trinajstić information content (AvgIpc) is 2.50. The van der Waals surface area contributed by atoms with Crippen molar-refractivity contribution in [2.75, 3.05) is 26.4 Å². The lowest BCUT2D eigenvalue weighted by atomic mass is 9.88. The van der Waals surface area contributed by atoms with Crippen LogP contribution < -0.4 is 0 Å². The van der Waals surface area contributed by atoms with E-state index in [-0.39, 0.29) is 25.4 Å². The molecule has 1 saturated heterocycles. The molecule has 4 heteroatoms. The second kappa shape index (κ2) is 9.09. The predicted molar refractivity (Wildman–Crippen MR) is 84.2 cm³/mol. The van der Waals surface area contributed by atoms with Gasteiger partial charge in [-0.05, 0) is 18.3 Å². The standard InChI is InChI=1S/C17H34O4/c1-5-13(3)7-15-8-16(14(4)6-2)21-12-17(9-18,10-19)11-20-15/h13-16,18-19H,5-12H2,1-4H3. The van der Waals surface area contributed by atoms with Gasteiger partial charge in [-0.1, -0.05) is 40.5 Å². The highest BCUT2D eigenvalue weighted by atomic mass is 16.5. The molecular formula is C17H34O4.